The zero-order valence-corrected chi connectivity index (χ0v) is 24.9. The van der Waals surface area contributed by atoms with Gasteiger partial charge >= 0.3 is 0 Å². The Hall–Kier alpha value is -1.37. The van der Waals surface area contributed by atoms with Crippen LogP contribution < -0.4 is 0 Å². The summed E-state index contributed by atoms with van der Waals surface area (Å²) < 4.78 is 14.5. The predicted octanol–water partition coefficient (Wildman–Crippen LogP) is 7.23. The van der Waals surface area contributed by atoms with Gasteiger partial charge in [0.2, 0.25) is 5.91 Å². The molecule has 0 bridgehead atoms. The van der Waals surface area contributed by atoms with Gasteiger partial charge in [-0.15, -0.1) is 0 Å². The Morgan fingerprint density at radius 3 is 2.38 bits per heavy atom. The van der Waals surface area contributed by atoms with E-state index < -0.39 is 5.82 Å². The molecule has 2 aliphatic heterocycles. The van der Waals surface area contributed by atoms with Crippen LogP contribution in [0.4, 0.5) is 4.39 Å². The monoisotopic (exact) mass is 593 g/mol. The molecule has 3 aliphatic rings. The molecule has 212 valence electrons. The fourth-order valence-electron chi connectivity index (χ4n) is 6.89. The quantitative estimate of drug-likeness (QED) is 0.338. The van der Waals surface area contributed by atoms with Gasteiger partial charge in [-0.1, -0.05) is 66.2 Å². The van der Waals surface area contributed by atoms with Crippen LogP contribution >= 0.6 is 34.8 Å². The third-order valence-electron chi connectivity index (χ3n) is 9.26. The van der Waals surface area contributed by atoms with E-state index >= 15 is 0 Å². The summed E-state index contributed by atoms with van der Waals surface area (Å²) >= 11 is 19.0. The standard InChI is InChI=1S/C31H39Cl3FN3O/c32-26-8-4-9-29(35)25(26)21-30(39)38-14-5-12-31(22-38,23-10-11-27(33)28(34)20-23)13-15-36-16-18-37(19-17-36)24-6-2-1-3-7-24/h4,8-11,20,24H,1-3,5-7,12-19,21-22H2/t31-/m0/s1. The van der Waals surface area contributed by atoms with E-state index in [0.717, 1.165) is 63.6 Å². The number of amides is 1. The molecule has 2 aromatic rings. The van der Waals surface area contributed by atoms with Gasteiger partial charge in [0.25, 0.3) is 0 Å². The number of carbonyl (C=O) groups excluding carboxylic acids is 1. The molecule has 1 amide bonds. The molecule has 0 radical (unpaired) electrons. The van der Waals surface area contributed by atoms with E-state index in [0.29, 0.717) is 28.2 Å². The lowest BCUT2D eigenvalue weighted by Gasteiger charge is -2.46. The molecule has 0 spiro atoms. The first-order valence-corrected chi connectivity index (χ1v) is 15.6. The molecule has 8 heteroatoms. The first-order chi connectivity index (χ1) is 18.8. The number of likely N-dealkylation sites (tertiary alicyclic amines) is 1. The summed E-state index contributed by atoms with van der Waals surface area (Å²) in [5, 5.41) is 1.37. The summed E-state index contributed by atoms with van der Waals surface area (Å²) in [6.45, 7) is 6.66. The van der Waals surface area contributed by atoms with Crippen molar-refractivity contribution in [2.45, 2.75) is 69.2 Å². The van der Waals surface area contributed by atoms with Crippen molar-refractivity contribution in [3.8, 4) is 0 Å². The molecule has 2 aromatic carbocycles. The van der Waals surface area contributed by atoms with Crippen molar-refractivity contribution in [3.05, 3.63) is 68.4 Å². The maximum atomic E-state index is 14.5. The number of benzene rings is 2. The number of hydrogen-bond acceptors (Lipinski definition) is 3. The number of hydrogen-bond donors (Lipinski definition) is 0. The molecule has 1 atom stereocenters. The Labute approximate surface area is 247 Å². The van der Waals surface area contributed by atoms with Crippen molar-refractivity contribution in [2.75, 3.05) is 45.8 Å². The minimum atomic E-state index is -0.434. The number of halogens is 4. The van der Waals surface area contributed by atoms with Crippen molar-refractivity contribution in [1.29, 1.82) is 0 Å². The van der Waals surface area contributed by atoms with Crippen LogP contribution in [-0.4, -0.2) is 72.5 Å². The summed E-state index contributed by atoms with van der Waals surface area (Å²) in [6.07, 6.45) is 9.57. The Bertz CT molecular complexity index is 1130. The van der Waals surface area contributed by atoms with Gasteiger partial charge < -0.3 is 9.80 Å². The van der Waals surface area contributed by atoms with Crippen LogP contribution in [-0.2, 0) is 16.6 Å². The Morgan fingerprint density at radius 1 is 0.897 bits per heavy atom. The molecule has 39 heavy (non-hydrogen) atoms. The molecule has 0 N–H and O–H groups in total. The summed E-state index contributed by atoms with van der Waals surface area (Å²) in [7, 11) is 0. The first kappa shape index (κ1) is 29.1. The third-order valence-corrected chi connectivity index (χ3v) is 10.3. The number of piperidine rings is 1. The molecular weight excluding hydrogens is 556 g/mol. The van der Waals surface area contributed by atoms with E-state index in [4.69, 9.17) is 34.8 Å². The van der Waals surface area contributed by atoms with Crippen molar-refractivity contribution in [1.82, 2.24) is 14.7 Å². The van der Waals surface area contributed by atoms with Gasteiger partial charge in [-0.3, -0.25) is 9.69 Å². The summed E-state index contributed by atoms with van der Waals surface area (Å²) in [4.78, 5) is 20.6. The van der Waals surface area contributed by atoms with Crippen LogP contribution in [0, 0.1) is 5.82 Å². The zero-order chi connectivity index (χ0) is 27.4. The number of piperazine rings is 1. The smallest absolute Gasteiger partial charge is 0.227 e. The van der Waals surface area contributed by atoms with Crippen LogP contribution in [0.3, 0.4) is 0 Å². The molecule has 2 saturated heterocycles. The van der Waals surface area contributed by atoms with Gasteiger partial charge in [-0.2, -0.15) is 0 Å². The summed E-state index contributed by atoms with van der Waals surface area (Å²) in [5.74, 6) is -0.525. The fraction of sp³-hybridized carbons (Fsp3) is 0.581. The molecule has 5 rings (SSSR count). The van der Waals surface area contributed by atoms with E-state index in [-0.39, 0.29) is 23.3 Å². The Kier molecular flexibility index (Phi) is 9.77. The third kappa shape index (κ3) is 6.93. The lowest BCUT2D eigenvalue weighted by atomic mass is 9.71. The lowest BCUT2D eigenvalue weighted by molar-refractivity contribution is -0.133. The molecule has 0 aromatic heterocycles. The van der Waals surface area contributed by atoms with Crippen LogP contribution in [0.5, 0.6) is 0 Å². The minimum absolute atomic E-state index is 0.0356. The minimum Gasteiger partial charge on any atom is -0.342 e. The van der Waals surface area contributed by atoms with Crippen LogP contribution in [0.15, 0.2) is 36.4 Å². The highest BCUT2D eigenvalue weighted by atomic mass is 35.5. The number of carbonyl (C=O) groups is 1. The van der Waals surface area contributed by atoms with E-state index in [9.17, 15) is 9.18 Å². The lowest BCUT2D eigenvalue weighted by Crippen LogP contribution is -2.53. The topological polar surface area (TPSA) is 26.8 Å². The van der Waals surface area contributed by atoms with Crippen LogP contribution in [0.2, 0.25) is 15.1 Å². The SMILES string of the molecule is O=C(Cc1c(F)cccc1Cl)N1CCC[C@@](CCN2CCN(C3CCCCC3)CC2)(c2ccc(Cl)c(Cl)c2)C1. The normalized spacial score (nSPS) is 23.7. The molecule has 0 unspecified atom stereocenters. The van der Waals surface area contributed by atoms with E-state index in [1.165, 1.54) is 38.2 Å². The number of nitrogens with zero attached hydrogens (tertiary/aromatic N) is 3. The van der Waals surface area contributed by atoms with E-state index in [1.54, 1.807) is 12.1 Å². The zero-order valence-electron chi connectivity index (χ0n) is 22.6. The molecule has 1 saturated carbocycles. The summed E-state index contributed by atoms with van der Waals surface area (Å²) in [6, 6.07) is 11.2. The second-order valence-corrected chi connectivity index (χ2v) is 12.8. The van der Waals surface area contributed by atoms with Crippen LogP contribution in [0.1, 0.15) is 62.5 Å². The van der Waals surface area contributed by atoms with Crippen molar-refractivity contribution >= 4 is 40.7 Å². The summed E-state index contributed by atoms with van der Waals surface area (Å²) in [5.41, 5.74) is 1.16. The second kappa shape index (κ2) is 13.1. The Balaban J connectivity index is 1.29. The molecule has 4 nitrogen and oxygen atoms in total. The highest BCUT2D eigenvalue weighted by molar-refractivity contribution is 6.42. The average molecular weight is 595 g/mol. The highest BCUT2D eigenvalue weighted by Gasteiger charge is 2.39. The Morgan fingerprint density at radius 2 is 1.67 bits per heavy atom. The van der Waals surface area contributed by atoms with Crippen molar-refractivity contribution in [2.24, 2.45) is 0 Å². The second-order valence-electron chi connectivity index (χ2n) is 11.6. The van der Waals surface area contributed by atoms with Gasteiger partial charge in [0.15, 0.2) is 0 Å². The van der Waals surface area contributed by atoms with Crippen molar-refractivity contribution < 1.29 is 9.18 Å². The highest BCUT2D eigenvalue weighted by Crippen LogP contribution is 2.40. The molecule has 2 heterocycles. The number of rotatable bonds is 7. The van der Waals surface area contributed by atoms with Gasteiger partial charge in [-0.25, -0.2) is 4.39 Å². The van der Waals surface area contributed by atoms with Gasteiger partial charge in [0, 0.05) is 61.3 Å². The van der Waals surface area contributed by atoms with Crippen molar-refractivity contribution in [3.63, 3.8) is 0 Å². The molecular formula is C31H39Cl3FN3O. The fourth-order valence-corrected chi connectivity index (χ4v) is 7.42. The molecule has 1 aliphatic carbocycles. The van der Waals surface area contributed by atoms with Gasteiger partial charge in [0.1, 0.15) is 5.82 Å². The van der Waals surface area contributed by atoms with E-state index in [2.05, 4.69) is 15.9 Å². The predicted molar refractivity (Wildman–Crippen MR) is 159 cm³/mol. The van der Waals surface area contributed by atoms with Crippen LogP contribution in [0.25, 0.3) is 0 Å². The first-order valence-electron chi connectivity index (χ1n) is 14.5. The maximum absolute atomic E-state index is 14.5. The largest absolute Gasteiger partial charge is 0.342 e. The maximum Gasteiger partial charge on any atom is 0.227 e. The average Bonchev–Trinajstić information content (AvgIpc) is 2.96. The van der Waals surface area contributed by atoms with Gasteiger partial charge in [-0.05, 0) is 68.5 Å². The van der Waals surface area contributed by atoms with E-state index in [1.807, 2.05) is 17.0 Å². The van der Waals surface area contributed by atoms with Gasteiger partial charge in [0.05, 0.1) is 16.5 Å². The molecule has 3 fully saturated rings.